The van der Waals surface area contributed by atoms with E-state index in [0.717, 1.165) is 25.8 Å². The van der Waals surface area contributed by atoms with E-state index in [1.165, 1.54) is 0 Å². The Hall–Kier alpha value is -1.03. The highest BCUT2D eigenvalue weighted by Gasteiger charge is 2.25. The van der Waals surface area contributed by atoms with E-state index < -0.39 is 0 Å². The maximum atomic E-state index is 11.7. The molecule has 0 amide bonds. The van der Waals surface area contributed by atoms with Gasteiger partial charge in [-0.25, -0.2) is 4.79 Å². The zero-order valence-corrected chi connectivity index (χ0v) is 8.48. The molecule has 4 nitrogen and oxygen atoms in total. The summed E-state index contributed by atoms with van der Waals surface area (Å²) in [6.45, 7) is 1.47. The predicted octanol–water partition coefficient (Wildman–Crippen LogP) is 1.02. The molecule has 0 N–H and O–H groups in total. The number of methoxy groups -OCH3 is 1. The molecule has 14 heavy (non-hydrogen) atoms. The van der Waals surface area contributed by atoms with E-state index in [-0.39, 0.29) is 5.69 Å². The van der Waals surface area contributed by atoms with Crippen molar-refractivity contribution in [2.75, 3.05) is 13.7 Å². The minimum Gasteiger partial charge on any atom is -0.385 e. The first-order valence-electron chi connectivity index (χ1n) is 5.09. The third-order valence-corrected chi connectivity index (χ3v) is 2.56. The third kappa shape index (κ3) is 1.90. The van der Waals surface area contributed by atoms with E-state index in [1.807, 2.05) is 17.0 Å². The number of nitrogens with zero attached hydrogens (tertiary/aromatic N) is 2. The Labute approximate surface area is 83.1 Å². The Bertz CT molecular complexity index is 349. The molecule has 0 aromatic carbocycles. The summed E-state index contributed by atoms with van der Waals surface area (Å²) in [4.78, 5) is 11.7. The van der Waals surface area contributed by atoms with Crippen molar-refractivity contribution in [1.82, 2.24) is 9.13 Å². The van der Waals surface area contributed by atoms with Gasteiger partial charge in [0, 0.05) is 38.7 Å². The van der Waals surface area contributed by atoms with Gasteiger partial charge in [-0.3, -0.25) is 9.13 Å². The van der Waals surface area contributed by atoms with Crippen LogP contribution in [0.1, 0.15) is 25.3 Å². The molecule has 0 atom stereocenters. The van der Waals surface area contributed by atoms with Crippen LogP contribution >= 0.6 is 0 Å². The van der Waals surface area contributed by atoms with E-state index in [0.29, 0.717) is 12.6 Å². The van der Waals surface area contributed by atoms with Crippen LogP contribution < -0.4 is 5.69 Å². The Morgan fingerprint density at radius 2 is 2.29 bits per heavy atom. The monoisotopic (exact) mass is 196 g/mol. The minimum absolute atomic E-state index is 0.128. The van der Waals surface area contributed by atoms with Crippen molar-refractivity contribution in [2.24, 2.45) is 0 Å². The Morgan fingerprint density at radius 1 is 1.50 bits per heavy atom. The van der Waals surface area contributed by atoms with Crippen LogP contribution in [0.4, 0.5) is 0 Å². The van der Waals surface area contributed by atoms with Crippen molar-refractivity contribution >= 4 is 0 Å². The van der Waals surface area contributed by atoms with Crippen LogP contribution in [-0.4, -0.2) is 22.9 Å². The molecule has 4 heteroatoms. The molecule has 1 saturated carbocycles. The minimum atomic E-state index is 0.128. The summed E-state index contributed by atoms with van der Waals surface area (Å²) in [6, 6.07) is 0.478. The van der Waals surface area contributed by atoms with Crippen LogP contribution in [-0.2, 0) is 11.3 Å². The summed E-state index contributed by atoms with van der Waals surface area (Å²) in [6.07, 6.45) is 6.97. The average Bonchev–Trinajstić information content (AvgIpc) is 2.95. The molecular formula is C10H16N2O2. The van der Waals surface area contributed by atoms with E-state index in [1.54, 1.807) is 11.7 Å². The SMILES string of the molecule is COCCCn1ccn(C2CC2)c1=O. The number of hydrogen-bond acceptors (Lipinski definition) is 2. The van der Waals surface area contributed by atoms with Crippen molar-refractivity contribution < 1.29 is 4.74 Å². The summed E-state index contributed by atoms with van der Waals surface area (Å²) in [5, 5.41) is 0. The molecule has 0 aliphatic heterocycles. The van der Waals surface area contributed by atoms with Crippen LogP contribution in [0.5, 0.6) is 0 Å². The summed E-state index contributed by atoms with van der Waals surface area (Å²) in [7, 11) is 1.68. The van der Waals surface area contributed by atoms with Gasteiger partial charge in [0.2, 0.25) is 0 Å². The maximum Gasteiger partial charge on any atom is 0.328 e. The largest absolute Gasteiger partial charge is 0.385 e. The van der Waals surface area contributed by atoms with Crippen molar-refractivity contribution in [1.29, 1.82) is 0 Å². The van der Waals surface area contributed by atoms with Crippen molar-refractivity contribution in [3.63, 3.8) is 0 Å². The van der Waals surface area contributed by atoms with Crippen molar-refractivity contribution in [3.8, 4) is 0 Å². The van der Waals surface area contributed by atoms with Gasteiger partial charge in [-0.1, -0.05) is 0 Å². The molecule has 1 aromatic heterocycles. The molecule has 1 aliphatic carbocycles. The zero-order chi connectivity index (χ0) is 9.97. The number of hydrogen-bond donors (Lipinski definition) is 0. The van der Waals surface area contributed by atoms with Crippen LogP contribution in [0.15, 0.2) is 17.2 Å². The van der Waals surface area contributed by atoms with Crippen molar-refractivity contribution in [2.45, 2.75) is 31.8 Å². The maximum absolute atomic E-state index is 11.7. The second kappa shape index (κ2) is 4.00. The van der Waals surface area contributed by atoms with E-state index in [9.17, 15) is 4.79 Å². The molecule has 1 heterocycles. The molecule has 0 unspecified atom stereocenters. The molecule has 1 fully saturated rings. The smallest absolute Gasteiger partial charge is 0.328 e. The number of rotatable bonds is 5. The summed E-state index contributed by atoms with van der Waals surface area (Å²) in [5.74, 6) is 0. The summed E-state index contributed by atoms with van der Waals surface area (Å²) in [5.41, 5.74) is 0.128. The van der Waals surface area contributed by atoms with Gasteiger partial charge in [-0.15, -0.1) is 0 Å². The lowest BCUT2D eigenvalue weighted by atomic mass is 10.4. The van der Waals surface area contributed by atoms with Crippen LogP contribution in [0.3, 0.4) is 0 Å². The van der Waals surface area contributed by atoms with Crippen LogP contribution in [0.25, 0.3) is 0 Å². The quantitative estimate of drug-likeness (QED) is 0.659. The Kier molecular flexibility index (Phi) is 2.72. The third-order valence-electron chi connectivity index (χ3n) is 2.56. The second-order valence-electron chi connectivity index (χ2n) is 3.76. The van der Waals surface area contributed by atoms with Gasteiger partial charge < -0.3 is 4.74 Å². The summed E-state index contributed by atoms with van der Waals surface area (Å²) >= 11 is 0. The molecule has 1 aromatic rings. The number of aryl methyl sites for hydroxylation is 1. The molecule has 78 valence electrons. The van der Waals surface area contributed by atoms with Gasteiger partial charge in [0.15, 0.2) is 0 Å². The van der Waals surface area contributed by atoms with Crippen LogP contribution in [0.2, 0.25) is 0 Å². The topological polar surface area (TPSA) is 36.2 Å². The van der Waals surface area contributed by atoms with Gasteiger partial charge in [0.25, 0.3) is 0 Å². The van der Waals surface area contributed by atoms with Crippen molar-refractivity contribution in [3.05, 3.63) is 22.9 Å². The number of imidazole rings is 1. The molecular weight excluding hydrogens is 180 g/mol. The Balaban J connectivity index is 2.00. The summed E-state index contributed by atoms with van der Waals surface area (Å²) < 4.78 is 8.55. The zero-order valence-electron chi connectivity index (χ0n) is 8.48. The molecule has 0 radical (unpaired) electrons. The van der Waals surface area contributed by atoms with Gasteiger partial charge in [0.1, 0.15) is 0 Å². The highest BCUT2D eigenvalue weighted by atomic mass is 16.5. The average molecular weight is 196 g/mol. The number of aromatic nitrogens is 2. The highest BCUT2D eigenvalue weighted by molar-refractivity contribution is 4.91. The first-order chi connectivity index (χ1) is 6.83. The van der Waals surface area contributed by atoms with Gasteiger partial charge in [-0.2, -0.15) is 0 Å². The lowest BCUT2D eigenvalue weighted by Gasteiger charge is -2.00. The fourth-order valence-corrected chi connectivity index (χ4v) is 1.61. The lowest BCUT2D eigenvalue weighted by Crippen LogP contribution is -2.23. The molecule has 2 rings (SSSR count). The highest BCUT2D eigenvalue weighted by Crippen LogP contribution is 2.33. The lowest BCUT2D eigenvalue weighted by molar-refractivity contribution is 0.190. The van der Waals surface area contributed by atoms with E-state index in [2.05, 4.69) is 0 Å². The Morgan fingerprint density at radius 3 is 2.93 bits per heavy atom. The molecule has 0 bridgehead atoms. The van der Waals surface area contributed by atoms with Gasteiger partial charge in [0.05, 0.1) is 0 Å². The second-order valence-corrected chi connectivity index (χ2v) is 3.76. The van der Waals surface area contributed by atoms with E-state index in [4.69, 9.17) is 4.74 Å². The number of ether oxygens (including phenoxy) is 1. The van der Waals surface area contributed by atoms with Gasteiger partial charge in [-0.05, 0) is 19.3 Å². The van der Waals surface area contributed by atoms with Gasteiger partial charge >= 0.3 is 5.69 Å². The normalized spacial score (nSPS) is 16.1. The fourth-order valence-electron chi connectivity index (χ4n) is 1.61. The van der Waals surface area contributed by atoms with Crippen LogP contribution in [0, 0.1) is 0 Å². The first-order valence-corrected chi connectivity index (χ1v) is 5.09. The molecule has 1 aliphatic rings. The van der Waals surface area contributed by atoms with E-state index >= 15 is 0 Å². The molecule has 0 spiro atoms. The fraction of sp³-hybridized carbons (Fsp3) is 0.700. The predicted molar refractivity (Wildman–Crippen MR) is 53.5 cm³/mol. The standard InChI is InChI=1S/C10H16N2O2/c1-14-8-2-5-11-6-7-12(10(11)13)9-3-4-9/h6-7,9H,2-5,8H2,1H3. The molecule has 0 saturated heterocycles. The first kappa shape index (κ1) is 9.52.